The third kappa shape index (κ3) is 5.71. The van der Waals surface area contributed by atoms with Crippen LogP contribution in [0.2, 0.25) is 0 Å². The first-order valence-electron chi connectivity index (χ1n) is 10.2. The quantitative estimate of drug-likeness (QED) is 0.388. The summed E-state index contributed by atoms with van der Waals surface area (Å²) in [5, 5.41) is 12.4. The third-order valence-electron chi connectivity index (χ3n) is 4.99. The van der Waals surface area contributed by atoms with Gasteiger partial charge in [-0.1, -0.05) is 54.6 Å². The number of rotatable bonds is 10. The monoisotopic (exact) mass is 416 g/mol. The lowest BCUT2D eigenvalue weighted by Crippen LogP contribution is -2.22. The van der Waals surface area contributed by atoms with Crippen molar-refractivity contribution in [2.45, 2.75) is 25.4 Å². The van der Waals surface area contributed by atoms with Crippen molar-refractivity contribution in [1.29, 1.82) is 0 Å². The number of benzene rings is 3. The van der Waals surface area contributed by atoms with E-state index in [9.17, 15) is 4.79 Å². The molecule has 158 valence electrons. The van der Waals surface area contributed by atoms with E-state index < -0.39 is 5.97 Å². The molecule has 3 aromatic carbocycles. The summed E-state index contributed by atoms with van der Waals surface area (Å²) in [5.41, 5.74) is 3.86. The Morgan fingerprint density at radius 2 is 1.77 bits per heavy atom. The fourth-order valence-corrected chi connectivity index (χ4v) is 3.44. The number of carboxylic acids is 1. The van der Waals surface area contributed by atoms with Gasteiger partial charge in [-0.25, -0.2) is 9.78 Å². The van der Waals surface area contributed by atoms with Crippen LogP contribution in [0.15, 0.2) is 83.3 Å². The zero-order valence-corrected chi connectivity index (χ0v) is 17.0. The van der Waals surface area contributed by atoms with Crippen molar-refractivity contribution in [3.63, 3.8) is 0 Å². The molecule has 0 bridgehead atoms. The highest BCUT2D eigenvalue weighted by Gasteiger charge is 2.18. The summed E-state index contributed by atoms with van der Waals surface area (Å²) in [6.45, 7) is 0.210. The van der Waals surface area contributed by atoms with E-state index in [1.54, 1.807) is 6.07 Å². The van der Waals surface area contributed by atoms with E-state index in [0.29, 0.717) is 18.2 Å². The van der Waals surface area contributed by atoms with Gasteiger partial charge in [-0.2, -0.15) is 0 Å². The highest BCUT2D eigenvalue weighted by molar-refractivity contribution is 5.72. The summed E-state index contributed by atoms with van der Waals surface area (Å²) in [5.74, 6) is 0.195. The molecule has 2 N–H and O–H groups in total. The zero-order chi connectivity index (χ0) is 21.5. The number of aryl methyl sites for hydroxylation is 1. The Balaban J connectivity index is 1.49. The third-order valence-corrected chi connectivity index (χ3v) is 4.99. The molecule has 0 aliphatic carbocycles. The van der Waals surface area contributed by atoms with Crippen LogP contribution in [-0.4, -0.2) is 22.7 Å². The molecule has 1 unspecified atom stereocenters. The summed E-state index contributed by atoms with van der Waals surface area (Å²) >= 11 is 0. The number of carboxylic acid groups (broad SMARTS) is 1. The Labute approximate surface area is 180 Å². The van der Waals surface area contributed by atoms with Crippen molar-refractivity contribution in [3.05, 3.63) is 95.9 Å². The maximum absolute atomic E-state index is 10.7. The average Bonchev–Trinajstić information content (AvgIpc) is 3.23. The van der Waals surface area contributed by atoms with Gasteiger partial charge in [0.25, 0.3) is 0 Å². The van der Waals surface area contributed by atoms with Gasteiger partial charge in [-0.15, -0.1) is 0 Å². The Bertz CT molecular complexity index is 1110. The molecule has 1 heterocycles. The first-order chi connectivity index (χ1) is 15.2. The highest BCUT2D eigenvalue weighted by atomic mass is 16.5. The van der Waals surface area contributed by atoms with Gasteiger partial charge in [0.15, 0.2) is 12.2 Å². The van der Waals surface area contributed by atoms with Crippen LogP contribution in [0.25, 0.3) is 11.1 Å². The molecular weight excluding hydrogens is 392 g/mol. The van der Waals surface area contributed by atoms with Crippen LogP contribution in [-0.2, 0) is 17.8 Å². The molecule has 0 aliphatic heterocycles. The Hall–Kier alpha value is -3.64. The van der Waals surface area contributed by atoms with Gasteiger partial charge >= 0.3 is 5.97 Å². The Kier molecular flexibility index (Phi) is 6.59. The topological polar surface area (TPSA) is 84.6 Å². The first-order valence-corrected chi connectivity index (χ1v) is 10.2. The summed E-state index contributed by atoms with van der Waals surface area (Å²) < 4.78 is 11.3. The number of carbonyl (C=O) groups is 1. The normalized spacial score (nSPS) is 12.0. The lowest BCUT2D eigenvalue weighted by molar-refractivity contribution is -0.139. The number of para-hydroxylation sites is 2. The van der Waals surface area contributed by atoms with Crippen molar-refractivity contribution >= 4 is 17.1 Å². The van der Waals surface area contributed by atoms with E-state index in [2.05, 4.69) is 22.4 Å². The molecule has 0 amide bonds. The number of aliphatic carboxylic acids is 1. The minimum absolute atomic E-state index is 0.0730. The standard InChI is InChI=1S/C25H24N2O4/c28-24(29)17-30-20-10-6-9-19(15-20)16-26-22(14-13-18-7-2-1-3-8-18)25-27-21-11-4-5-12-23(21)31-25/h1-12,15,22,26H,13-14,16-17H2,(H,28,29). The summed E-state index contributed by atoms with van der Waals surface area (Å²) in [6, 6.07) is 25.4. The molecule has 1 atom stereocenters. The van der Waals surface area contributed by atoms with Gasteiger partial charge in [-0.05, 0) is 48.2 Å². The summed E-state index contributed by atoms with van der Waals surface area (Å²) in [6.07, 6.45) is 1.71. The Morgan fingerprint density at radius 3 is 2.58 bits per heavy atom. The number of oxazole rings is 1. The van der Waals surface area contributed by atoms with Gasteiger partial charge in [0.1, 0.15) is 11.3 Å². The molecular formula is C25H24N2O4. The lowest BCUT2D eigenvalue weighted by atomic mass is 10.0. The van der Waals surface area contributed by atoms with Crippen LogP contribution >= 0.6 is 0 Å². The average molecular weight is 416 g/mol. The van der Waals surface area contributed by atoms with E-state index in [1.165, 1.54) is 5.56 Å². The predicted octanol–water partition coefficient (Wildman–Crippen LogP) is 4.75. The van der Waals surface area contributed by atoms with Gasteiger partial charge in [0, 0.05) is 6.54 Å². The molecule has 31 heavy (non-hydrogen) atoms. The van der Waals surface area contributed by atoms with Crippen LogP contribution in [0.3, 0.4) is 0 Å². The van der Waals surface area contributed by atoms with Crippen molar-refractivity contribution in [1.82, 2.24) is 10.3 Å². The molecule has 6 nitrogen and oxygen atoms in total. The second kappa shape index (κ2) is 9.91. The van der Waals surface area contributed by atoms with Crippen LogP contribution in [0, 0.1) is 0 Å². The zero-order valence-electron chi connectivity index (χ0n) is 17.0. The van der Waals surface area contributed by atoms with Crippen LogP contribution in [0.1, 0.15) is 29.5 Å². The van der Waals surface area contributed by atoms with Gasteiger partial charge in [-0.3, -0.25) is 0 Å². The number of hydrogen-bond donors (Lipinski definition) is 2. The molecule has 4 aromatic rings. The number of nitrogens with one attached hydrogen (secondary N) is 1. The van der Waals surface area contributed by atoms with E-state index in [-0.39, 0.29) is 12.6 Å². The van der Waals surface area contributed by atoms with Crippen LogP contribution < -0.4 is 10.1 Å². The summed E-state index contributed by atoms with van der Waals surface area (Å²) in [7, 11) is 0. The lowest BCUT2D eigenvalue weighted by Gasteiger charge is -2.16. The first kappa shape index (κ1) is 20.6. The number of nitrogens with zero attached hydrogens (tertiary/aromatic N) is 1. The number of hydrogen-bond acceptors (Lipinski definition) is 5. The van der Waals surface area contributed by atoms with Crippen LogP contribution in [0.5, 0.6) is 5.75 Å². The maximum Gasteiger partial charge on any atom is 0.341 e. The van der Waals surface area contributed by atoms with Gasteiger partial charge in [0.05, 0.1) is 6.04 Å². The van der Waals surface area contributed by atoms with E-state index in [0.717, 1.165) is 29.5 Å². The minimum Gasteiger partial charge on any atom is -0.482 e. The molecule has 0 fully saturated rings. The molecule has 0 saturated carbocycles. The van der Waals surface area contributed by atoms with Crippen LogP contribution in [0.4, 0.5) is 0 Å². The number of fused-ring (bicyclic) bond motifs is 1. The molecule has 0 spiro atoms. The largest absolute Gasteiger partial charge is 0.482 e. The highest BCUT2D eigenvalue weighted by Crippen LogP contribution is 2.24. The van der Waals surface area contributed by atoms with Crippen molar-refractivity contribution in [2.24, 2.45) is 0 Å². The predicted molar refractivity (Wildman–Crippen MR) is 118 cm³/mol. The molecule has 0 radical (unpaired) electrons. The van der Waals surface area contributed by atoms with Gasteiger partial charge in [0.2, 0.25) is 5.89 Å². The SMILES string of the molecule is O=C(O)COc1cccc(CNC(CCc2ccccc2)c2nc3ccccc3o2)c1. The van der Waals surface area contributed by atoms with E-state index in [4.69, 9.17) is 14.3 Å². The fourth-order valence-electron chi connectivity index (χ4n) is 3.44. The van der Waals surface area contributed by atoms with E-state index in [1.807, 2.05) is 60.7 Å². The Morgan fingerprint density at radius 1 is 1.00 bits per heavy atom. The minimum atomic E-state index is -1.000. The molecule has 4 rings (SSSR count). The molecule has 0 saturated heterocycles. The number of aromatic nitrogens is 1. The second-order valence-corrected chi connectivity index (χ2v) is 7.31. The van der Waals surface area contributed by atoms with Crippen molar-refractivity contribution < 1.29 is 19.1 Å². The molecule has 6 heteroatoms. The summed E-state index contributed by atoms with van der Waals surface area (Å²) in [4.78, 5) is 15.4. The second-order valence-electron chi connectivity index (χ2n) is 7.31. The van der Waals surface area contributed by atoms with E-state index >= 15 is 0 Å². The number of ether oxygens (including phenoxy) is 1. The maximum atomic E-state index is 10.7. The molecule has 1 aromatic heterocycles. The van der Waals surface area contributed by atoms with Gasteiger partial charge < -0.3 is 19.6 Å². The van der Waals surface area contributed by atoms with Crippen molar-refractivity contribution in [2.75, 3.05) is 6.61 Å². The fraction of sp³-hybridized carbons (Fsp3) is 0.200. The smallest absolute Gasteiger partial charge is 0.341 e. The molecule has 0 aliphatic rings. The van der Waals surface area contributed by atoms with Crippen molar-refractivity contribution in [3.8, 4) is 5.75 Å².